The molecule has 1 fully saturated rings. The van der Waals surface area contributed by atoms with Crippen molar-refractivity contribution < 1.29 is 18.0 Å². The van der Waals surface area contributed by atoms with E-state index in [1.165, 1.54) is 4.90 Å². The molecule has 0 spiro atoms. The normalized spacial score (nSPS) is 14.7. The zero-order valence-electron chi connectivity index (χ0n) is 23.0. The van der Waals surface area contributed by atoms with Crippen molar-refractivity contribution in [3.8, 4) is 0 Å². The summed E-state index contributed by atoms with van der Waals surface area (Å²) >= 11 is 9.66. The first kappa shape index (κ1) is 31.1. The van der Waals surface area contributed by atoms with E-state index >= 15 is 0 Å². The predicted molar refractivity (Wildman–Crippen MR) is 167 cm³/mol. The molecule has 3 aromatic carbocycles. The first-order valence-corrected chi connectivity index (χ1v) is 16.7. The maximum Gasteiger partial charge on any atom is 0.244 e. The van der Waals surface area contributed by atoms with Crippen LogP contribution in [-0.2, 0) is 32.6 Å². The van der Waals surface area contributed by atoms with E-state index in [1.807, 2.05) is 36.4 Å². The molecular weight excluding hydrogens is 626 g/mol. The summed E-state index contributed by atoms with van der Waals surface area (Å²) in [6, 6.07) is 22.6. The quantitative estimate of drug-likeness (QED) is 0.275. The van der Waals surface area contributed by atoms with E-state index in [9.17, 15) is 18.0 Å². The molecule has 1 aliphatic carbocycles. The Morgan fingerprint density at radius 3 is 2.29 bits per heavy atom. The fourth-order valence-corrected chi connectivity index (χ4v) is 6.62. The van der Waals surface area contributed by atoms with E-state index < -0.39 is 28.5 Å². The Labute approximate surface area is 256 Å². The van der Waals surface area contributed by atoms with E-state index in [1.54, 1.807) is 42.5 Å². The molecule has 0 aromatic heterocycles. The topological polar surface area (TPSA) is 86.8 Å². The standard InChI is InChI=1S/C31H35BrClN3O4S/c1-41(39,40)36(28-17-9-13-25(32)20-28)22-30(37)35(21-24-12-8-14-26(33)18-24)29(19-23-10-4-2-5-11-23)31(38)34-27-15-6-3-7-16-27/h2,4-5,8-14,17-18,20,27,29H,3,6-7,15-16,19,21-22H2,1H3,(H,34,38)/t29-/m0/s1. The molecule has 218 valence electrons. The highest BCUT2D eigenvalue weighted by Crippen LogP contribution is 2.24. The van der Waals surface area contributed by atoms with Crippen LogP contribution in [-0.4, -0.2) is 50.0 Å². The van der Waals surface area contributed by atoms with Gasteiger partial charge in [0.05, 0.1) is 11.9 Å². The summed E-state index contributed by atoms with van der Waals surface area (Å²) in [5.74, 6) is -0.736. The van der Waals surface area contributed by atoms with Gasteiger partial charge in [-0.1, -0.05) is 95.3 Å². The Balaban J connectivity index is 1.72. The second-order valence-electron chi connectivity index (χ2n) is 10.5. The number of rotatable bonds is 11. The molecule has 0 unspecified atom stereocenters. The van der Waals surface area contributed by atoms with Gasteiger partial charge in [0.1, 0.15) is 12.6 Å². The molecule has 0 aliphatic heterocycles. The molecule has 1 aliphatic rings. The van der Waals surface area contributed by atoms with Crippen LogP contribution in [0.3, 0.4) is 0 Å². The highest BCUT2D eigenvalue weighted by molar-refractivity contribution is 9.10. The number of nitrogens with zero attached hydrogens (tertiary/aromatic N) is 2. The predicted octanol–water partition coefficient (Wildman–Crippen LogP) is 5.96. The van der Waals surface area contributed by atoms with Crippen molar-refractivity contribution in [1.82, 2.24) is 10.2 Å². The number of carbonyl (C=O) groups is 2. The van der Waals surface area contributed by atoms with Crippen LogP contribution >= 0.6 is 27.5 Å². The SMILES string of the molecule is CS(=O)(=O)N(CC(=O)N(Cc1cccc(Cl)c1)[C@@H](Cc1ccccc1)C(=O)NC1CCCCC1)c1cccc(Br)c1. The lowest BCUT2D eigenvalue weighted by Gasteiger charge is -2.35. The van der Waals surface area contributed by atoms with Gasteiger partial charge in [-0.05, 0) is 54.3 Å². The van der Waals surface area contributed by atoms with Crippen molar-refractivity contribution in [1.29, 1.82) is 0 Å². The third kappa shape index (κ3) is 9.05. The highest BCUT2D eigenvalue weighted by Gasteiger charge is 2.34. The molecule has 41 heavy (non-hydrogen) atoms. The number of hydrogen-bond donors (Lipinski definition) is 1. The van der Waals surface area contributed by atoms with Gasteiger partial charge in [-0.2, -0.15) is 0 Å². The van der Waals surface area contributed by atoms with Gasteiger partial charge in [0, 0.05) is 28.5 Å². The third-order valence-electron chi connectivity index (χ3n) is 7.24. The number of benzene rings is 3. The van der Waals surface area contributed by atoms with Crippen molar-refractivity contribution in [3.05, 3.63) is 99.5 Å². The third-order valence-corrected chi connectivity index (χ3v) is 9.11. The van der Waals surface area contributed by atoms with Crippen molar-refractivity contribution in [2.24, 2.45) is 0 Å². The van der Waals surface area contributed by atoms with Crippen LogP contribution in [0, 0.1) is 0 Å². The molecular formula is C31H35BrClN3O4S. The number of anilines is 1. The first-order valence-electron chi connectivity index (χ1n) is 13.7. The molecule has 1 atom stereocenters. The van der Waals surface area contributed by atoms with Gasteiger partial charge < -0.3 is 10.2 Å². The Hall–Kier alpha value is -2.88. The summed E-state index contributed by atoms with van der Waals surface area (Å²) in [4.78, 5) is 29.6. The number of sulfonamides is 1. The van der Waals surface area contributed by atoms with Crippen LogP contribution in [0.15, 0.2) is 83.3 Å². The number of hydrogen-bond acceptors (Lipinski definition) is 4. The monoisotopic (exact) mass is 659 g/mol. The molecule has 0 saturated heterocycles. The van der Waals surface area contributed by atoms with E-state index in [4.69, 9.17) is 11.6 Å². The highest BCUT2D eigenvalue weighted by atomic mass is 79.9. The molecule has 3 aromatic rings. The minimum atomic E-state index is -3.83. The average Bonchev–Trinajstić information content (AvgIpc) is 2.94. The number of nitrogens with one attached hydrogen (secondary N) is 1. The van der Waals surface area contributed by atoms with Gasteiger partial charge in [0.2, 0.25) is 21.8 Å². The van der Waals surface area contributed by atoms with Gasteiger partial charge in [0.15, 0.2) is 0 Å². The van der Waals surface area contributed by atoms with Crippen molar-refractivity contribution in [2.75, 3.05) is 17.1 Å². The molecule has 4 rings (SSSR count). The van der Waals surface area contributed by atoms with Crippen LogP contribution in [0.5, 0.6) is 0 Å². The minimum absolute atomic E-state index is 0.0480. The van der Waals surface area contributed by atoms with E-state index in [-0.39, 0.29) is 24.9 Å². The maximum absolute atomic E-state index is 14.2. The summed E-state index contributed by atoms with van der Waals surface area (Å²) in [5.41, 5.74) is 1.99. The smallest absolute Gasteiger partial charge is 0.244 e. The summed E-state index contributed by atoms with van der Waals surface area (Å²) in [7, 11) is -3.83. The van der Waals surface area contributed by atoms with Crippen LogP contribution in [0.2, 0.25) is 5.02 Å². The molecule has 1 N–H and O–H groups in total. The maximum atomic E-state index is 14.2. The molecule has 0 bridgehead atoms. The lowest BCUT2D eigenvalue weighted by molar-refractivity contribution is -0.140. The summed E-state index contributed by atoms with van der Waals surface area (Å²) < 4.78 is 27.6. The Morgan fingerprint density at radius 2 is 1.63 bits per heavy atom. The fourth-order valence-electron chi connectivity index (χ4n) is 5.18. The van der Waals surface area contributed by atoms with Crippen LogP contribution in [0.25, 0.3) is 0 Å². The molecule has 7 nitrogen and oxygen atoms in total. The summed E-state index contributed by atoms with van der Waals surface area (Å²) in [6.07, 6.45) is 6.40. The molecule has 0 heterocycles. The van der Waals surface area contributed by atoms with Gasteiger partial charge in [-0.3, -0.25) is 13.9 Å². The number of halogens is 2. The average molecular weight is 661 g/mol. The zero-order chi connectivity index (χ0) is 29.4. The van der Waals surface area contributed by atoms with Crippen LogP contribution in [0.1, 0.15) is 43.2 Å². The van der Waals surface area contributed by atoms with E-state index in [0.717, 1.165) is 53.8 Å². The largest absolute Gasteiger partial charge is 0.352 e. The second-order valence-corrected chi connectivity index (χ2v) is 13.7. The molecule has 10 heteroatoms. The van der Waals surface area contributed by atoms with Gasteiger partial charge in [-0.25, -0.2) is 8.42 Å². The zero-order valence-corrected chi connectivity index (χ0v) is 26.2. The fraction of sp³-hybridized carbons (Fsp3) is 0.355. The van der Waals surface area contributed by atoms with Crippen LogP contribution < -0.4 is 9.62 Å². The Morgan fingerprint density at radius 1 is 0.951 bits per heavy atom. The van der Waals surface area contributed by atoms with Crippen LogP contribution in [0.4, 0.5) is 5.69 Å². The van der Waals surface area contributed by atoms with Crippen molar-refractivity contribution >= 4 is 55.1 Å². The molecule has 1 saturated carbocycles. The second kappa shape index (κ2) is 14.3. The Kier molecular flexibility index (Phi) is 10.9. The minimum Gasteiger partial charge on any atom is -0.352 e. The van der Waals surface area contributed by atoms with E-state index in [2.05, 4.69) is 21.2 Å². The summed E-state index contributed by atoms with van der Waals surface area (Å²) in [5, 5.41) is 3.70. The van der Waals surface area contributed by atoms with E-state index in [0.29, 0.717) is 15.2 Å². The number of amides is 2. The lowest BCUT2D eigenvalue weighted by Crippen LogP contribution is -2.55. The van der Waals surface area contributed by atoms with Gasteiger partial charge in [0.25, 0.3) is 0 Å². The molecule has 0 radical (unpaired) electrons. The van der Waals surface area contributed by atoms with Crippen molar-refractivity contribution in [2.45, 2.75) is 57.2 Å². The number of carbonyl (C=O) groups excluding carboxylic acids is 2. The summed E-state index contributed by atoms with van der Waals surface area (Å²) in [6.45, 7) is -0.372. The Bertz CT molecular complexity index is 1450. The van der Waals surface area contributed by atoms with Crippen molar-refractivity contribution in [3.63, 3.8) is 0 Å². The van der Waals surface area contributed by atoms with Gasteiger partial charge >= 0.3 is 0 Å². The lowest BCUT2D eigenvalue weighted by atomic mass is 9.94. The van der Waals surface area contributed by atoms with Gasteiger partial charge in [-0.15, -0.1) is 0 Å². The first-order chi connectivity index (χ1) is 19.6. The molecule has 2 amide bonds.